The Morgan fingerprint density at radius 1 is 0.667 bits per heavy atom. The molecule has 0 aliphatic carbocycles. The molecule has 5 rings (SSSR count). The molecule has 0 amide bonds. The van der Waals surface area contributed by atoms with E-state index in [-0.39, 0.29) is 51.9 Å². The van der Waals surface area contributed by atoms with Crippen molar-refractivity contribution in [1.29, 1.82) is 0 Å². The van der Waals surface area contributed by atoms with E-state index in [1.807, 2.05) is 30.3 Å². The number of hydrogen-bond acceptors (Lipinski definition) is 9. The maximum atomic E-state index is 14.3. The van der Waals surface area contributed by atoms with E-state index in [4.69, 9.17) is 74.8 Å². The number of rotatable bonds is 32. The zero-order chi connectivity index (χ0) is 47.1. The lowest BCUT2D eigenvalue weighted by Crippen LogP contribution is -2.46. The van der Waals surface area contributed by atoms with Crippen LogP contribution in [-0.4, -0.2) is 65.1 Å². The van der Waals surface area contributed by atoms with Crippen LogP contribution in [-0.2, 0) is 55.0 Å². The molecular formula is C51H68Cl4N2O9. The zero-order valence-corrected chi connectivity index (χ0v) is 41.5. The van der Waals surface area contributed by atoms with E-state index >= 15 is 0 Å². The predicted octanol–water partition coefficient (Wildman–Crippen LogP) is 12.0. The van der Waals surface area contributed by atoms with Gasteiger partial charge in [0, 0.05) is 38.5 Å². The summed E-state index contributed by atoms with van der Waals surface area (Å²) < 4.78 is 40.0. The number of aryl methyl sites for hydroxylation is 1. The van der Waals surface area contributed by atoms with Crippen LogP contribution < -0.4 is 11.2 Å². The third kappa shape index (κ3) is 17.9. The maximum Gasteiger partial charge on any atom is 0.335 e. The molecule has 1 aliphatic heterocycles. The lowest BCUT2D eigenvalue weighted by Gasteiger charge is -2.27. The first-order valence-corrected chi connectivity index (χ1v) is 25.1. The van der Waals surface area contributed by atoms with E-state index in [0.717, 1.165) is 23.0 Å². The fourth-order valence-electron chi connectivity index (χ4n) is 7.97. The molecule has 1 N–H and O–H groups in total. The lowest BCUT2D eigenvalue weighted by molar-refractivity contribution is -0.113. The van der Waals surface area contributed by atoms with Crippen molar-refractivity contribution in [1.82, 2.24) is 9.13 Å². The average molecular weight is 995 g/mol. The molecule has 0 radical (unpaired) electrons. The molecule has 1 aliphatic rings. The van der Waals surface area contributed by atoms with Crippen molar-refractivity contribution in [3.8, 4) is 0 Å². The summed E-state index contributed by atoms with van der Waals surface area (Å²) >= 11 is 25.4. The first-order valence-electron chi connectivity index (χ1n) is 23.6. The number of hydrogen-bond donors (Lipinski definition) is 1. The number of aliphatic hydroxyl groups excluding tert-OH is 1. The Labute approximate surface area is 410 Å². The maximum absolute atomic E-state index is 14.3. The molecule has 0 spiro atoms. The van der Waals surface area contributed by atoms with Crippen LogP contribution >= 0.6 is 46.4 Å². The van der Waals surface area contributed by atoms with Crippen molar-refractivity contribution in [3.63, 3.8) is 0 Å². The van der Waals surface area contributed by atoms with Gasteiger partial charge in [-0.1, -0.05) is 179 Å². The molecule has 4 aromatic rings. The molecule has 0 saturated carbocycles. The molecule has 15 heteroatoms. The van der Waals surface area contributed by atoms with Gasteiger partial charge in [0.2, 0.25) is 0 Å². The summed E-state index contributed by atoms with van der Waals surface area (Å²) in [6.45, 7) is 4.33. The van der Waals surface area contributed by atoms with E-state index in [2.05, 4.69) is 6.92 Å². The minimum atomic E-state index is -1.13. The molecule has 2 heterocycles. The standard InChI is InChI=1S/C51H68Cl4N2O9/c1-3-4-5-6-7-8-9-10-11-12-13-14-15-19-26-61-33-43(58)34-65-48-47(64-32-40-23-25-42(53)28-45(40)55)46(35-62-31-39-22-24-41(52)27-44(39)54)66-50(48)56-29-37(2)49(59)57(51(56)60)36-63-30-38-20-17-16-18-21-38/h16-18,20-25,27-29,43,46-48,50,58H,3-15,19,26,30-36H2,1-2H3/t43-,46-,47-,48-,50-/m1/s1. The quantitative estimate of drug-likeness (QED) is 0.0477. The molecule has 5 atom stereocenters. The highest BCUT2D eigenvalue weighted by Gasteiger charge is 2.48. The minimum absolute atomic E-state index is 0.00719. The summed E-state index contributed by atoms with van der Waals surface area (Å²) in [5, 5.41) is 13.0. The number of ether oxygens (including phenoxy) is 6. The van der Waals surface area contributed by atoms with Crippen molar-refractivity contribution in [2.45, 2.75) is 161 Å². The van der Waals surface area contributed by atoms with Gasteiger partial charge in [0.15, 0.2) is 6.23 Å². The summed E-state index contributed by atoms with van der Waals surface area (Å²) in [6, 6.07) is 19.7. The van der Waals surface area contributed by atoms with E-state index in [1.165, 1.54) is 87.8 Å². The van der Waals surface area contributed by atoms with E-state index in [1.54, 1.807) is 43.3 Å². The van der Waals surface area contributed by atoms with Crippen LogP contribution in [0.15, 0.2) is 82.5 Å². The Bertz CT molecular complexity index is 2140. The summed E-state index contributed by atoms with van der Waals surface area (Å²) in [5.41, 5.74) is 1.35. The Morgan fingerprint density at radius 2 is 1.26 bits per heavy atom. The van der Waals surface area contributed by atoms with Gasteiger partial charge < -0.3 is 33.5 Å². The first-order chi connectivity index (χ1) is 32.0. The number of aliphatic hydroxyl groups is 1. The molecular weight excluding hydrogens is 926 g/mol. The van der Waals surface area contributed by atoms with Crippen molar-refractivity contribution in [3.05, 3.63) is 136 Å². The molecule has 1 aromatic heterocycles. The van der Waals surface area contributed by atoms with E-state index < -0.39 is 41.9 Å². The van der Waals surface area contributed by atoms with Gasteiger partial charge in [-0.2, -0.15) is 0 Å². The Kier molecular flexibility index (Phi) is 24.6. The number of nitrogens with zero attached hydrogens (tertiary/aromatic N) is 2. The van der Waals surface area contributed by atoms with Crippen molar-refractivity contribution >= 4 is 46.4 Å². The van der Waals surface area contributed by atoms with Gasteiger partial charge in [0.05, 0.1) is 39.6 Å². The SMILES string of the molecule is CCCCCCCCCCCCCCCCOC[C@@H](O)CO[C@@H]1[C@H](OCc2ccc(Cl)cc2Cl)[C@@H](COCc2ccc(Cl)cc2Cl)O[C@H]1n1cc(C)c(=O)n(COCc2ccccc2)c1=O. The van der Waals surface area contributed by atoms with E-state index in [0.29, 0.717) is 37.8 Å². The normalized spacial score (nSPS) is 17.7. The molecule has 1 saturated heterocycles. The Hall–Kier alpha value is -2.78. The topological polar surface area (TPSA) is 120 Å². The third-order valence-corrected chi connectivity index (χ3v) is 12.9. The van der Waals surface area contributed by atoms with Crippen molar-refractivity contribution in [2.75, 3.05) is 26.4 Å². The highest BCUT2D eigenvalue weighted by atomic mass is 35.5. The van der Waals surface area contributed by atoms with Gasteiger partial charge >= 0.3 is 5.69 Å². The minimum Gasteiger partial charge on any atom is -0.388 e. The van der Waals surface area contributed by atoms with E-state index in [9.17, 15) is 14.7 Å². The number of unbranched alkanes of at least 4 members (excludes halogenated alkanes) is 13. The van der Waals surface area contributed by atoms with Crippen LogP contribution in [0.1, 0.15) is 125 Å². The molecule has 0 bridgehead atoms. The van der Waals surface area contributed by atoms with Crippen LogP contribution in [0.4, 0.5) is 0 Å². The number of halogens is 4. The molecule has 11 nitrogen and oxygen atoms in total. The second kappa shape index (κ2) is 30.0. The van der Waals surface area contributed by atoms with Gasteiger partial charge in [-0.05, 0) is 54.3 Å². The molecule has 364 valence electrons. The first kappa shape index (κ1) is 54.2. The van der Waals surface area contributed by atoms with Gasteiger partial charge in [-0.25, -0.2) is 9.36 Å². The summed E-state index contributed by atoms with van der Waals surface area (Å²) in [6.07, 6.45) is 14.4. The predicted molar refractivity (Wildman–Crippen MR) is 263 cm³/mol. The second-order valence-corrected chi connectivity index (χ2v) is 18.8. The van der Waals surface area contributed by atoms with Crippen LogP contribution in [0.2, 0.25) is 20.1 Å². The summed E-state index contributed by atoms with van der Waals surface area (Å²) in [7, 11) is 0. The molecule has 0 unspecified atom stereocenters. The van der Waals surface area contributed by atoms with Crippen molar-refractivity contribution < 1.29 is 33.5 Å². The largest absolute Gasteiger partial charge is 0.388 e. The smallest absolute Gasteiger partial charge is 0.335 e. The highest BCUT2D eigenvalue weighted by Crippen LogP contribution is 2.35. The fraction of sp³-hybridized carbons (Fsp3) is 0.569. The molecule has 66 heavy (non-hydrogen) atoms. The van der Waals surface area contributed by atoms with Gasteiger partial charge in [0.1, 0.15) is 31.1 Å². The number of aromatic nitrogens is 2. The van der Waals surface area contributed by atoms with Crippen LogP contribution in [0.3, 0.4) is 0 Å². The van der Waals surface area contributed by atoms with Gasteiger partial charge in [-0.3, -0.25) is 9.36 Å². The third-order valence-electron chi connectivity index (χ3n) is 11.7. The van der Waals surface area contributed by atoms with Gasteiger partial charge in [0.25, 0.3) is 5.56 Å². The van der Waals surface area contributed by atoms with Crippen LogP contribution in [0.5, 0.6) is 0 Å². The summed E-state index contributed by atoms with van der Waals surface area (Å²) in [4.78, 5) is 27.7. The van der Waals surface area contributed by atoms with Crippen molar-refractivity contribution in [2.24, 2.45) is 0 Å². The summed E-state index contributed by atoms with van der Waals surface area (Å²) in [5.74, 6) is 0. The average Bonchev–Trinajstić information content (AvgIpc) is 3.64. The van der Waals surface area contributed by atoms with Crippen LogP contribution in [0, 0.1) is 6.92 Å². The van der Waals surface area contributed by atoms with Gasteiger partial charge in [-0.15, -0.1) is 0 Å². The fourth-order valence-corrected chi connectivity index (χ4v) is 8.89. The Balaban J connectivity index is 1.25. The highest BCUT2D eigenvalue weighted by molar-refractivity contribution is 6.35. The Morgan fingerprint density at radius 3 is 1.86 bits per heavy atom. The second-order valence-electron chi connectivity index (χ2n) is 17.1. The molecule has 1 fully saturated rings. The van der Waals surface area contributed by atoms with Crippen LogP contribution in [0.25, 0.3) is 0 Å². The zero-order valence-electron chi connectivity index (χ0n) is 38.5. The monoisotopic (exact) mass is 992 g/mol. The number of benzene rings is 3. The molecule has 3 aromatic carbocycles. The lowest BCUT2D eigenvalue weighted by atomic mass is 10.0.